The molecule has 5 nitrogen and oxygen atoms in total. The van der Waals surface area contributed by atoms with Crippen molar-refractivity contribution in [1.82, 2.24) is 5.32 Å². The van der Waals surface area contributed by atoms with Crippen LogP contribution in [0.5, 0.6) is 0 Å². The molecule has 2 fully saturated rings. The van der Waals surface area contributed by atoms with Crippen molar-refractivity contribution in [1.29, 1.82) is 0 Å². The SMILES string of the molecule is NC1(C(=O)NC2CCOCC2)CCOC1. The Balaban J connectivity index is 1.85. The van der Waals surface area contributed by atoms with Gasteiger partial charge in [-0.1, -0.05) is 0 Å². The van der Waals surface area contributed by atoms with E-state index in [1.54, 1.807) is 0 Å². The standard InChI is InChI=1S/C10H18N2O3/c11-10(3-6-15-7-10)9(13)12-8-1-4-14-5-2-8/h8H,1-7,11H2,(H,12,13). The van der Waals surface area contributed by atoms with Crippen LogP contribution in [0.1, 0.15) is 19.3 Å². The lowest BCUT2D eigenvalue weighted by Crippen LogP contribution is -2.57. The quantitative estimate of drug-likeness (QED) is 0.643. The van der Waals surface area contributed by atoms with E-state index >= 15 is 0 Å². The molecule has 0 radical (unpaired) electrons. The highest BCUT2D eigenvalue weighted by atomic mass is 16.5. The first-order valence-corrected chi connectivity index (χ1v) is 5.46. The largest absolute Gasteiger partial charge is 0.381 e. The average molecular weight is 214 g/mol. The van der Waals surface area contributed by atoms with Gasteiger partial charge in [0.1, 0.15) is 5.54 Å². The van der Waals surface area contributed by atoms with Gasteiger partial charge in [-0.2, -0.15) is 0 Å². The van der Waals surface area contributed by atoms with E-state index in [0.717, 1.165) is 26.1 Å². The molecule has 0 spiro atoms. The topological polar surface area (TPSA) is 73.6 Å². The fourth-order valence-electron chi connectivity index (χ4n) is 1.93. The van der Waals surface area contributed by atoms with E-state index in [1.165, 1.54) is 0 Å². The summed E-state index contributed by atoms with van der Waals surface area (Å²) in [6.45, 7) is 2.36. The summed E-state index contributed by atoms with van der Waals surface area (Å²) in [4.78, 5) is 11.9. The third kappa shape index (κ3) is 2.48. The number of amides is 1. The molecule has 0 aromatic rings. The first kappa shape index (κ1) is 10.9. The van der Waals surface area contributed by atoms with Crippen LogP contribution in [-0.2, 0) is 14.3 Å². The third-order valence-electron chi connectivity index (χ3n) is 3.06. The van der Waals surface area contributed by atoms with Crippen molar-refractivity contribution in [2.45, 2.75) is 30.8 Å². The molecule has 5 heteroatoms. The van der Waals surface area contributed by atoms with Crippen LogP contribution >= 0.6 is 0 Å². The molecule has 0 aromatic carbocycles. The molecule has 15 heavy (non-hydrogen) atoms. The summed E-state index contributed by atoms with van der Waals surface area (Å²) < 4.78 is 10.4. The Labute approximate surface area is 89.3 Å². The number of rotatable bonds is 2. The van der Waals surface area contributed by atoms with Gasteiger partial charge in [-0.05, 0) is 19.3 Å². The summed E-state index contributed by atoms with van der Waals surface area (Å²) in [5, 5.41) is 2.98. The molecule has 0 saturated carbocycles. The van der Waals surface area contributed by atoms with Crippen molar-refractivity contribution in [3.8, 4) is 0 Å². The maximum absolute atomic E-state index is 11.9. The van der Waals surface area contributed by atoms with Gasteiger partial charge in [-0.25, -0.2) is 0 Å². The Morgan fingerprint density at radius 1 is 1.27 bits per heavy atom. The summed E-state index contributed by atoms with van der Waals surface area (Å²) in [7, 11) is 0. The van der Waals surface area contributed by atoms with E-state index in [2.05, 4.69) is 5.32 Å². The average Bonchev–Trinajstić information content (AvgIpc) is 2.68. The molecule has 0 bridgehead atoms. The zero-order chi connectivity index (χ0) is 10.7. The van der Waals surface area contributed by atoms with Gasteiger partial charge >= 0.3 is 0 Å². The van der Waals surface area contributed by atoms with Gasteiger partial charge in [0.25, 0.3) is 0 Å². The van der Waals surface area contributed by atoms with E-state index in [4.69, 9.17) is 15.2 Å². The maximum Gasteiger partial charge on any atom is 0.242 e. The van der Waals surface area contributed by atoms with Gasteiger partial charge in [0, 0.05) is 25.9 Å². The molecule has 86 valence electrons. The predicted molar refractivity (Wildman–Crippen MR) is 54.3 cm³/mol. The zero-order valence-corrected chi connectivity index (χ0v) is 8.83. The van der Waals surface area contributed by atoms with E-state index in [0.29, 0.717) is 19.6 Å². The Morgan fingerprint density at radius 3 is 2.60 bits per heavy atom. The van der Waals surface area contributed by atoms with Gasteiger partial charge in [0.2, 0.25) is 5.91 Å². The van der Waals surface area contributed by atoms with Crippen molar-refractivity contribution in [2.75, 3.05) is 26.4 Å². The summed E-state index contributed by atoms with van der Waals surface area (Å²) in [5.74, 6) is -0.0769. The van der Waals surface area contributed by atoms with Gasteiger partial charge in [0.15, 0.2) is 0 Å². The van der Waals surface area contributed by atoms with Crippen molar-refractivity contribution in [3.63, 3.8) is 0 Å². The Bertz CT molecular complexity index is 233. The molecular weight excluding hydrogens is 196 g/mol. The minimum absolute atomic E-state index is 0.0769. The van der Waals surface area contributed by atoms with Crippen LogP contribution in [0.2, 0.25) is 0 Å². The smallest absolute Gasteiger partial charge is 0.242 e. The van der Waals surface area contributed by atoms with Crippen LogP contribution in [0.15, 0.2) is 0 Å². The fourth-order valence-corrected chi connectivity index (χ4v) is 1.93. The Morgan fingerprint density at radius 2 is 2.00 bits per heavy atom. The molecule has 2 heterocycles. The second-order valence-electron chi connectivity index (χ2n) is 4.32. The number of carbonyl (C=O) groups is 1. The molecule has 2 rings (SSSR count). The number of hydrogen-bond acceptors (Lipinski definition) is 4. The summed E-state index contributed by atoms with van der Waals surface area (Å²) in [6, 6.07) is 0.215. The molecule has 2 saturated heterocycles. The monoisotopic (exact) mass is 214 g/mol. The lowest BCUT2D eigenvalue weighted by Gasteiger charge is -2.28. The second kappa shape index (κ2) is 4.47. The molecular formula is C10H18N2O3. The van der Waals surface area contributed by atoms with Crippen molar-refractivity contribution >= 4 is 5.91 Å². The lowest BCUT2D eigenvalue weighted by molar-refractivity contribution is -0.127. The van der Waals surface area contributed by atoms with Gasteiger partial charge in [-0.15, -0.1) is 0 Å². The molecule has 2 aliphatic heterocycles. The van der Waals surface area contributed by atoms with Gasteiger partial charge < -0.3 is 20.5 Å². The van der Waals surface area contributed by atoms with Crippen LogP contribution < -0.4 is 11.1 Å². The maximum atomic E-state index is 11.9. The summed E-state index contributed by atoms with van der Waals surface area (Å²) >= 11 is 0. The zero-order valence-electron chi connectivity index (χ0n) is 8.83. The van der Waals surface area contributed by atoms with E-state index in [9.17, 15) is 4.79 Å². The Hall–Kier alpha value is -0.650. The molecule has 0 aliphatic carbocycles. The van der Waals surface area contributed by atoms with Crippen LogP contribution in [-0.4, -0.2) is 43.9 Å². The second-order valence-corrected chi connectivity index (χ2v) is 4.32. The third-order valence-corrected chi connectivity index (χ3v) is 3.06. The summed E-state index contributed by atoms with van der Waals surface area (Å²) in [6.07, 6.45) is 2.37. The van der Waals surface area contributed by atoms with Crippen LogP contribution in [0.3, 0.4) is 0 Å². The molecule has 1 unspecified atom stereocenters. The van der Waals surface area contributed by atoms with Gasteiger partial charge in [-0.3, -0.25) is 4.79 Å². The number of hydrogen-bond donors (Lipinski definition) is 2. The minimum Gasteiger partial charge on any atom is -0.381 e. The minimum atomic E-state index is -0.807. The van der Waals surface area contributed by atoms with Gasteiger partial charge in [0.05, 0.1) is 6.61 Å². The van der Waals surface area contributed by atoms with E-state index < -0.39 is 5.54 Å². The van der Waals surface area contributed by atoms with Crippen molar-refractivity contribution in [3.05, 3.63) is 0 Å². The molecule has 3 N–H and O–H groups in total. The fraction of sp³-hybridized carbons (Fsp3) is 0.900. The molecule has 1 atom stereocenters. The first-order chi connectivity index (χ1) is 7.21. The lowest BCUT2D eigenvalue weighted by atomic mass is 9.98. The Kier molecular flexibility index (Phi) is 3.23. The normalized spacial score (nSPS) is 32.9. The highest BCUT2D eigenvalue weighted by molar-refractivity contribution is 5.86. The first-order valence-electron chi connectivity index (χ1n) is 5.46. The molecule has 0 aromatic heterocycles. The highest BCUT2D eigenvalue weighted by Crippen LogP contribution is 2.16. The van der Waals surface area contributed by atoms with E-state index in [1.807, 2.05) is 0 Å². The number of nitrogens with one attached hydrogen (secondary N) is 1. The van der Waals surface area contributed by atoms with Crippen LogP contribution in [0.4, 0.5) is 0 Å². The number of carbonyl (C=O) groups excluding carboxylic acids is 1. The van der Waals surface area contributed by atoms with Crippen molar-refractivity contribution < 1.29 is 14.3 Å². The predicted octanol–water partition coefficient (Wildman–Crippen LogP) is -0.601. The summed E-state index contributed by atoms with van der Waals surface area (Å²) in [5.41, 5.74) is 5.14. The van der Waals surface area contributed by atoms with Crippen LogP contribution in [0.25, 0.3) is 0 Å². The van der Waals surface area contributed by atoms with Crippen LogP contribution in [0, 0.1) is 0 Å². The number of ether oxygens (including phenoxy) is 2. The number of nitrogens with two attached hydrogens (primary N) is 1. The molecule has 1 amide bonds. The van der Waals surface area contributed by atoms with Crippen molar-refractivity contribution in [2.24, 2.45) is 5.73 Å². The van der Waals surface area contributed by atoms with E-state index in [-0.39, 0.29) is 11.9 Å². The molecule has 2 aliphatic rings. The highest BCUT2D eigenvalue weighted by Gasteiger charge is 2.39.